The number of thioether (sulfide) groups is 1. The third-order valence-electron chi connectivity index (χ3n) is 3.27. The fourth-order valence-corrected chi connectivity index (χ4v) is 4.17. The number of hydrogen-bond donors (Lipinski definition) is 1. The van der Waals surface area contributed by atoms with Crippen LogP contribution in [0.2, 0.25) is 10.0 Å². The number of benzene rings is 2. The van der Waals surface area contributed by atoms with Gasteiger partial charge in [-0.3, -0.25) is 4.79 Å². The molecule has 0 aliphatic carbocycles. The Hall–Kier alpha value is -1.27. The number of nitrogens with one attached hydrogen (secondary N) is 1. The van der Waals surface area contributed by atoms with Crippen LogP contribution in [0.3, 0.4) is 0 Å². The second-order valence-corrected chi connectivity index (χ2v) is 8.24. The fourth-order valence-electron chi connectivity index (χ4n) is 2.21. The van der Waals surface area contributed by atoms with Crippen LogP contribution in [-0.4, -0.2) is 16.6 Å². The summed E-state index contributed by atoms with van der Waals surface area (Å²) in [4.78, 5) is 16.5. The van der Waals surface area contributed by atoms with Crippen LogP contribution in [0.5, 0.6) is 0 Å². The Kier molecular flexibility index (Phi) is 5.66. The Labute approximate surface area is 158 Å². The van der Waals surface area contributed by atoms with Crippen molar-refractivity contribution in [1.82, 2.24) is 4.98 Å². The Morgan fingerprint density at radius 1 is 1.21 bits per heavy atom. The number of halogens is 2. The number of hydrogen-bond acceptors (Lipinski definition) is 4. The number of fused-ring (bicyclic) bond motifs is 1. The molecule has 124 valence electrons. The van der Waals surface area contributed by atoms with Gasteiger partial charge in [-0.1, -0.05) is 29.3 Å². The number of aromatic nitrogens is 1. The van der Waals surface area contributed by atoms with Gasteiger partial charge in [0.1, 0.15) is 0 Å². The second-order valence-electron chi connectivity index (χ2n) is 5.20. The van der Waals surface area contributed by atoms with E-state index < -0.39 is 0 Å². The van der Waals surface area contributed by atoms with Gasteiger partial charge in [0, 0.05) is 11.4 Å². The van der Waals surface area contributed by atoms with Gasteiger partial charge in [-0.25, -0.2) is 4.98 Å². The number of aryl methyl sites for hydroxylation is 1. The lowest BCUT2D eigenvalue weighted by Crippen LogP contribution is -2.14. The number of anilines is 1. The van der Waals surface area contributed by atoms with E-state index in [2.05, 4.69) is 10.3 Å². The summed E-state index contributed by atoms with van der Waals surface area (Å²) in [6.07, 6.45) is 0. The van der Waals surface area contributed by atoms with Crippen LogP contribution in [0, 0.1) is 6.92 Å². The molecule has 0 unspecified atom stereocenters. The number of carbonyl (C=O) groups is 1. The summed E-state index contributed by atoms with van der Waals surface area (Å²) in [6, 6.07) is 11.3. The van der Waals surface area contributed by atoms with E-state index in [0.717, 1.165) is 26.5 Å². The molecule has 7 heteroatoms. The van der Waals surface area contributed by atoms with E-state index in [-0.39, 0.29) is 5.91 Å². The molecule has 0 saturated heterocycles. The first kappa shape index (κ1) is 17.5. The maximum atomic E-state index is 12.1. The monoisotopic (exact) mass is 396 g/mol. The van der Waals surface area contributed by atoms with Crippen molar-refractivity contribution in [3.63, 3.8) is 0 Å². The number of amides is 1. The van der Waals surface area contributed by atoms with Gasteiger partial charge in [0.15, 0.2) is 0 Å². The van der Waals surface area contributed by atoms with Crippen molar-refractivity contribution in [2.45, 2.75) is 12.7 Å². The second kappa shape index (κ2) is 7.74. The first-order valence-corrected chi connectivity index (χ1v) is 9.93. The molecular weight excluding hydrogens is 383 g/mol. The van der Waals surface area contributed by atoms with Gasteiger partial charge in [-0.05, 0) is 42.8 Å². The van der Waals surface area contributed by atoms with Crippen LogP contribution in [0.1, 0.15) is 10.6 Å². The lowest BCUT2D eigenvalue weighted by Gasteiger charge is -2.06. The quantitative estimate of drug-likeness (QED) is 0.593. The Balaban J connectivity index is 1.53. The summed E-state index contributed by atoms with van der Waals surface area (Å²) in [5.74, 6) is 1.05. The van der Waals surface area contributed by atoms with Crippen molar-refractivity contribution in [2.75, 3.05) is 11.1 Å². The Morgan fingerprint density at radius 2 is 2.04 bits per heavy atom. The van der Waals surface area contributed by atoms with E-state index in [1.807, 2.05) is 37.3 Å². The van der Waals surface area contributed by atoms with Crippen LogP contribution < -0.4 is 5.32 Å². The van der Waals surface area contributed by atoms with Gasteiger partial charge in [-0.15, -0.1) is 23.1 Å². The molecule has 0 fully saturated rings. The topological polar surface area (TPSA) is 42.0 Å². The number of rotatable bonds is 5. The molecule has 1 amide bonds. The van der Waals surface area contributed by atoms with Gasteiger partial charge in [0.2, 0.25) is 5.91 Å². The van der Waals surface area contributed by atoms with Crippen LogP contribution in [-0.2, 0) is 10.5 Å². The summed E-state index contributed by atoms with van der Waals surface area (Å²) in [5, 5.41) is 5.01. The Morgan fingerprint density at radius 3 is 2.83 bits per heavy atom. The summed E-state index contributed by atoms with van der Waals surface area (Å²) < 4.78 is 1.08. The van der Waals surface area contributed by atoms with Crippen molar-refractivity contribution in [3.05, 3.63) is 57.0 Å². The van der Waals surface area contributed by atoms with Gasteiger partial charge in [-0.2, -0.15) is 0 Å². The van der Waals surface area contributed by atoms with Gasteiger partial charge < -0.3 is 5.32 Å². The molecule has 3 aromatic rings. The third-order valence-corrected chi connectivity index (χ3v) is 5.94. The lowest BCUT2D eigenvalue weighted by atomic mass is 10.2. The summed E-state index contributed by atoms with van der Waals surface area (Å²) in [6.45, 7) is 1.97. The smallest absolute Gasteiger partial charge is 0.234 e. The molecule has 1 aromatic heterocycles. The summed E-state index contributed by atoms with van der Waals surface area (Å²) in [5.41, 5.74) is 2.81. The highest BCUT2D eigenvalue weighted by molar-refractivity contribution is 7.99. The summed E-state index contributed by atoms with van der Waals surface area (Å²) >= 11 is 15.0. The highest BCUT2D eigenvalue weighted by atomic mass is 35.5. The van der Waals surface area contributed by atoms with Gasteiger partial charge in [0.25, 0.3) is 0 Å². The van der Waals surface area contributed by atoms with Crippen LogP contribution >= 0.6 is 46.3 Å². The first-order valence-electron chi connectivity index (χ1n) is 7.20. The van der Waals surface area contributed by atoms with Crippen LogP contribution in [0.4, 0.5) is 5.69 Å². The maximum Gasteiger partial charge on any atom is 0.234 e. The highest BCUT2D eigenvalue weighted by Crippen LogP contribution is 2.26. The predicted molar refractivity (Wildman–Crippen MR) is 106 cm³/mol. The molecule has 0 aliphatic rings. The molecule has 0 spiro atoms. The molecule has 0 saturated carbocycles. The maximum absolute atomic E-state index is 12.1. The minimum Gasteiger partial charge on any atom is -0.325 e. The molecule has 24 heavy (non-hydrogen) atoms. The average Bonchev–Trinajstić information content (AvgIpc) is 2.90. The molecule has 0 bridgehead atoms. The summed E-state index contributed by atoms with van der Waals surface area (Å²) in [7, 11) is 0. The van der Waals surface area contributed by atoms with Crippen molar-refractivity contribution >= 4 is 68.1 Å². The molecule has 3 nitrogen and oxygen atoms in total. The van der Waals surface area contributed by atoms with Crippen LogP contribution in [0.25, 0.3) is 10.2 Å². The highest BCUT2D eigenvalue weighted by Gasteiger charge is 2.06. The zero-order valence-corrected chi connectivity index (χ0v) is 16.0. The zero-order valence-electron chi connectivity index (χ0n) is 12.8. The minimum absolute atomic E-state index is 0.0272. The van der Waals surface area contributed by atoms with Crippen molar-refractivity contribution in [1.29, 1.82) is 0 Å². The van der Waals surface area contributed by atoms with Crippen molar-refractivity contribution < 1.29 is 4.79 Å². The third kappa shape index (κ3) is 4.42. The van der Waals surface area contributed by atoms with E-state index in [0.29, 0.717) is 21.6 Å². The van der Waals surface area contributed by atoms with E-state index >= 15 is 0 Å². The molecular formula is C17H14Cl2N2OS2. The minimum atomic E-state index is -0.0272. The van der Waals surface area contributed by atoms with Crippen LogP contribution in [0.15, 0.2) is 36.4 Å². The molecule has 1 N–H and O–H groups in total. The number of thiazole rings is 1. The van der Waals surface area contributed by atoms with E-state index in [4.69, 9.17) is 23.2 Å². The Bertz CT molecular complexity index is 895. The van der Waals surface area contributed by atoms with E-state index in [1.54, 1.807) is 17.4 Å². The number of nitrogens with zero attached hydrogens (tertiary/aromatic N) is 1. The molecule has 3 rings (SSSR count). The van der Waals surface area contributed by atoms with Crippen molar-refractivity contribution in [3.8, 4) is 0 Å². The normalized spacial score (nSPS) is 11.0. The first-order chi connectivity index (χ1) is 11.5. The lowest BCUT2D eigenvalue weighted by molar-refractivity contribution is -0.113. The largest absolute Gasteiger partial charge is 0.325 e. The van der Waals surface area contributed by atoms with E-state index in [9.17, 15) is 4.79 Å². The number of carbonyl (C=O) groups excluding carboxylic acids is 1. The molecule has 1 heterocycles. The van der Waals surface area contributed by atoms with Gasteiger partial charge in [0.05, 0.1) is 31.0 Å². The fraction of sp³-hybridized carbons (Fsp3) is 0.176. The van der Waals surface area contributed by atoms with Crippen molar-refractivity contribution in [2.24, 2.45) is 0 Å². The molecule has 0 radical (unpaired) electrons. The van der Waals surface area contributed by atoms with Gasteiger partial charge >= 0.3 is 0 Å². The SMILES string of the molecule is Cc1nc2ccc(NC(=O)CSCc3ccc(Cl)c(Cl)c3)cc2s1. The zero-order chi connectivity index (χ0) is 17.1. The van der Waals surface area contributed by atoms with E-state index in [1.165, 1.54) is 11.8 Å². The average molecular weight is 397 g/mol. The molecule has 0 atom stereocenters. The standard InChI is InChI=1S/C17H14Cl2N2OS2/c1-10-20-15-5-3-12(7-16(15)24-10)21-17(22)9-23-8-11-2-4-13(18)14(19)6-11/h2-7H,8-9H2,1H3,(H,21,22). The molecule has 0 aliphatic heterocycles. The molecule has 2 aromatic carbocycles. The predicted octanol–water partition coefficient (Wildman–Crippen LogP) is 5.78.